The van der Waals surface area contributed by atoms with Gasteiger partial charge in [-0.2, -0.15) is 0 Å². The van der Waals surface area contributed by atoms with Gasteiger partial charge in [-0.1, -0.05) is 346 Å². The maximum atomic E-state index is 13.3. The van der Waals surface area contributed by atoms with E-state index in [9.17, 15) is 40.5 Å². The molecule has 516 valence electrons. The van der Waals surface area contributed by atoms with Crippen LogP contribution in [0.3, 0.4) is 0 Å². The molecule has 8 N–H and O–H groups in total. The molecule has 1 saturated heterocycles. The van der Waals surface area contributed by atoms with Crippen LogP contribution in [0.15, 0.2) is 24.3 Å². The highest BCUT2D eigenvalue weighted by Gasteiger charge is 2.44. The van der Waals surface area contributed by atoms with Gasteiger partial charge in [-0.3, -0.25) is 4.79 Å². The van der Waals surface area contributed by atoms with Crippen LogP contribution in [-0.2, 0) is 14.3 Å². The van der Waals surface area contributed by atoms with Crippen molar-refractivity contribution in [2.24, 2.45) is 0 Å². The number of hydrogen-bond donors (Lipinski definition) is 8. The van der Waals surface area contributed by atoms with Gasteiger partial charge in [0.2, 0.25) is 5.91 Å². The smallest absolute Gasteiger partial charge is 0.249 e. The Morgan fingerprint density at radius 3 is 0.989 bits per heavy atom. The first-order valence-corrected chi connectivity index (χ1v) is 38.2. The van der Waals surface area contributed by atoms with Gasteiger partial charge < -0.3 is 50.5 Å². The predicted octanol–water partition coefficient (Wildman–Crippen LogP) is 19.1. The number of ether oxygens (including phenoxy) is 2. The lowest BCUT2D eigenvalue weighted by Gasteiger charge is -2.40. The average molecular weight is 1240 g/mol. The molecule has 1 amide bonds. The van der Waals surface area contributed by atoms with Gasteiger partial charge in [0.15, 0.2) is 6.29 Å². The van der Waals surface area contributed by atoms with Crippen molar-refractivity contribution in [1.29, 1.82) is 0 Å². The number of nitrogens with one attached hydrogen (secondary N) is 1. The van der Waals surface area contributed by atoms with Crippen LogP contribution in [0.2, 0.25) is 0 Å². The SMILES string of the molecule is CCCCCCCCCCCCCC/C=C\CCCCCCCCCCCCCCCC(O)C(=O)NC(COC1OC(CO)C(O)C(O)C1O)C(O)C(O)CCC/C=C/CCCCCCCCCCCCCCCCCCCCCCCCCCCC. The maximum absolute atomic E-state index is 13.3. The molecule has 87 heavy (non-hydrogen) atoms. The number of amides is 1. The van der Waals surface area contributed by atoms with Crippen molar-refractivity contribution in [1.82, 2.24) is 5.32 Å². The topological polar surface area (TPSA) is 189 Å². The molecule has 0 saturated carbocycles. The Balaban J connectivity index is 2.17. The average Bonchev–Trinajstić information content (AvgIpc) is 1.98. The third-order valence-corrected chi connectivity index (χ3v) is 18.7. The Hall–Kier alpha value is -1.41. The molecule has 1 heterocycles. The summed E-state index contributed by atoms with van der Waals surface area (Å²) in [5.74, 6) is -0.699. The molecule has 0 aromatic carbocycles. The Kier molecular flexibility index (Phi) is 62.2. The fraction of sp³-hybridized carbons (Fsp3) is 0.934. The highest BCUT2D eigenvalue weighted by Crippen LogP contribution is 2.24. The molecule has 1 fully saturated rings. The summed E-state index contributed by atoms with van der Waals surface area (Å²) < 4.78 is 11.2. The van der Waals surface area contributed by atoms with Crippen LogP contribution in [0.1, 0.15) is 386 Å². The number of aliphatic hydroxyl groups is 7. The van der Waals surface area contributed by atoms with E-state index in [2.05, 4.69) is 43.5 Å². The van der Waals surface area contributed by atoms with Crippen molar-refractivity contribution in [3.63, 3.8) is 0 Å². The summed E-state index contributed by atoms with van der Waals surface area (Å²) in [6.45, 7) is 3.51. The van der Waals surface area contributed by atoms with Gasteiger partial charge in [-0.15, -0.1) is 0 Å². The molecule has 0 aromatic heterocycles. The van der Waals surface area contributed by atoms with E-state index >= 15 is 0 Å². The molecule has 1 aliphatic heterocycles. The van der Waals surface area contributed by atoms with E-state index in [1.165, 1.54) is 308 Å². The minimum Gasteiger partial charge on any atom is -0.394 e. The van der Waals surface area contributed by atoms with E-state index in [0.717, 1.165) is 38.5 Å². The van der Waals surface area contributed by atoms with Gasteiger partial charge in [-0.25, -0.2) is 0 Å². The van der Waals surface area contributed by atoms with Crippen LogP contribution in [0.5, 0.6) is 0 Å². The van der Waals surface area contributed by atoms with E-state index in [0.29, 0.717) is 12.8 Å². The molecule has 1 rings (SSSR count). The number of carbonyl (C=O) groups is 1. The van der Waals surface area contributed by atoms with Crippen LogP contribution in [-0.4, -0.2) is 110 Å². The van der Waals surface area contributed by atoms with E-state index in [1.54, 1.807) is 0 Å². The largest absolute Gasteiger partial charge is 0.394 e. The first-order chi connectivity index (χ1) is 42.7. The molecule has 0 aromatic rings. The van der Waals surface area contributed by atoms with Gasteiger partial charge in [-0.05, 0) is 64.2 Å². The molecule has 11 heteroatoms. The summed E-state index contributed by atoms with van der Waals surface area (Å²) in [6.07, 6.45) is 71.4. The quantitative estimate of drug-likeness (QED) is 0.0215. The highest BCUT2D eigenvalue weighted by atomic mass is 16.7. The Bertz CT molecular complexity index is 1460. The normalized spacial score (nSPS) is 18.7. The van der Waals surface area contributed by atoms with Crippen molar-refractivity contribution < 1.29 is 50.0 Å². The Morgan fingerprint density at radius 2 is 0.678 bits per heavy atom. The summed E-state index contributed by atoms with van der Waals surface area (Å²) in [4.78, 5) is 13.3. The predicted molar refractivity (Wildman–Crippen MR) is 367 cm³/mol. The molecular weight excluding hydrogens is 1090 g/mol. The van der Waals surface area contributed by atoms with Crippen LogP contribution >= 0.6 is 0 Å². The summed E-state index contributed by atoms with van der Waals surface area (Å²) >= 11 is 0. The lowest BCUT2D eigenvalue weighted by Crippen LogP contribution is -2.60. The highest BCUT2D eigenvalue weighted by molar-refractivity contribution is 5.80. The summed E-state index contributed by atoms with van der Waals surface area (Å²) in [5, 5.41) is 76.6. The summed E-state index contributed by atoms with van der Waals surface area (Å²) in [6, 6.07) is -1.19. The molecule has 0 spiro atoms. The first kappa shape index (κ1) is 83.6. The van der Waals surface area contributed by atoms with E-state index in [4.69, 9.17) is 9.47 Å². The van der Waals surface area contributed by atoms with Crippen LogP contribution in [0.25, 0.3) is 0 Å². The molecular formula is C76H147NO10. The zero-order valence-corrected chi connectivity index (χ0v) is 57.3. The van der Waals surface area contributed by atoms with E-state index in [1.807, 2.05) is 0 Å². The standard InChI is InChI=1S/C76H147NO10/c1-3-5-7-9-11-13-15-17-19-21-23-25-27-29-31-33-34-36-37-39-41-43-45-47-49-51-53-55-57-59-61-63-68(79)71(81)67(66-86-76-74(84)73(83)72(82)70(65-78)87-76)77-75(85)69(80)64-62-60-58-56-54-52-50-48-46-44-42-40-38-35-32-30-28-26-24-22-20-18-16-14-12-10-8-6-4-2/h30,32,55,57,67-74,76,78-84H,3-29,31,33-54,56,58-66H2,1-2H3,(H,77,85)/b32-30-,57-55+. The number of aliphatic hydroxyl groups excluding tert-OH is 7. The number of allylic oxidation sites excluding steroid dienone is 4. The fourth-order valence-corrected chi connectivity index (χ4v) is 12.6. The van der Waals surface area contributed by atoms with E-state index in [-0.39, 0.29) is 12.8 Å². The number of hydrogen-bond acceptors (Lipinski definition) is 10. The number of unbranched alkanes of at least 4 members (excludes halogenated alkanes) is 52. The molecule has 11 nitrogen and oxygen atoms in total. The second kappa shape index (κ2) is 64.7. The van der Waals surface area contributed by atoms with Crippen molar-refractivity contribution in [3.05, 3.63) is 24.3 Å². The number of carbonyl (C=O) groups excluding carboxylic acids is 1. The Labute approximate surface area is 537 Å². The summed E-state index contributed by atoms with van der Waals surface area (Å²) in [7, 11) is 0. The van der Waals surface area contributed by atoms with E-state index < -0.39 is 74.2 Å². The lowest BCUT2D eigenvalue weighted by atomic mass is 9.98. The zero-order chi connectivity index (χ0) is 63.1. The Morgan fingerprint density at radius 1 is 0.391 bits per heavy atom. The van der Waals surface area contributed by atoms with Gasteiger partial charge in [0.1, 0.15) is 36.6 Å². The van der Waals surface area contributed by atoms with Gasteiger partial charge >= 0.3 is 0 Å². The lowest BCUT2D eigenvalue weighted by molar-refractivity contribution is -0.303. The molecule has 0 radical (unpaired) electrons. The second-order valence-corrected chi connectivity index (χ2v) is 27.1. The van der Waals surface area contributed by atoms with Crippen molar-refractivity contribution in [2.75, 3.05) is 13.2 Å². The monoisotopic (exact) mass is 1230 g/mol. The molecule has 1 aliphatic rings. The first-order valence-electron chi connectivity index (χ1n) is 38.2. The van der Waals surface area contributed by atoms with Crippen LogP contribution < -0.4 is 5.32 Å². The second-order valence-electron chi connectivity index (χ2n) is 27.1. The van der Waals surface area contributed by atoms with Gasteiger partial charge in [0.25, 0.3) is 0 Å². The van der Waals surface area contributed by atoms with Gasteiger partial charge in [0.05, 0.1) is 25.4 Å². The minimum atomic E-state index is -1.67. The fourth-order valence-electron chi connectivity index (χ4n) is 12.6. The molecule has 9 atom stereocenters. The van der Waals surface area contributed by atoms with Crippen molar-refractivity contribution >= 4 is 5.91 Å². The summed E-state index contributed by atoms with van der Waals surface area (Å²) in [5.41, 5.74) is 0. The van der Waals surface area contributed by atoms with Crippen LogP contribution in [0, 0.1) is 0 Å². The maximum Gasteiger partial charge on any atom is 0.249 e. The third-order valence-electron chi connectivity index (χ3n) is 18.7. The van der Waals surface area contributed by atoms with Crippen LogP contribution in [0.4, 0.5) is 0 Å². The van der Waals surface area contributed by atoms with Crippen molar-refractivity contribution in [3.8, 4) is 0 Å². The molecule has 0 aliphatic carbocycles. The third kappa shape index (κ3) is 51.8. The molecule has 0 bridgehead atoms. The minimum absolute atomic E-state index is 0.257. The van der Waals surface area contributed by atoms with Crippen molar-refractivity contribution in [2.45, 2.75) is 441 Å². The molecule has 9 unspecified atom stereocenters. The zero-order valence-electron chi connectivity index (χ0n) is 57.3. The number of rotatable bonds is 68. The van der Waals surface area contributed by atoms with Gasteiger partial charge in [0, 0.05) is 0 Å².